The van der Waals surface area contributed by atoms with E-state index in [0.29, 0.717) is 25.9 Å². The highest BCUT2D eigenvalue weighted by molar-refractivity contribution is 5.94. The summed E-state index contributed by atoms with van der Waals surface area (Å²) in [5.41, 5.74) is 6.31. The summed E-state index contributed by atoms with van der Waals surface area (Å²) in [7, 11) is 0. The SMILES string of the molecule is CCNC(Cc1ccccc1)C(=O)NC(CCCCN)C(=O)C(C)(CC)CC. The topological polar surface area (TPSA) is 84.2 Å². The van der Waals surface area contributed by atoms with Crippen LogP contribution >= 0.6 is 0 Å². The van der Waals surface area contributed by atoms with E-state index in [-0.39, 0.29) is 17.7 Å². The Morgan fingerprint density at radius 1 is 1.04 bits per heavy atom. The molecule has 158 valence electrons. The van der Waals surface area contributed by atoms with E-state index in [1.165, 1.54) is 0 Å². The first kappa shape index (κ1) is 24.3. The van der Waals surface area contributed by atoms with Crippen LogP contribution in [0.1, 0.15) is 65.4 Å². The van der Waals surface area contributed by atoms with Crippen molar-refractivity contribution in [1.82, 2.24) is 10.6 Å². The van der Waals surface area contributed by atoms with Gasteiger partial charge in [0.25, 0.3) is 0 Å². The zero-order valence-electron chi connectivity index (χ0n) is 18.1. The molecule has 0 aliphatic rings. The van der Waals surface area contributed by atoms with E-state index in [9.17, 15) is 9.59 Å². The van der Waals surface area contributed by atoms with Crippen molar-refractivity contribution in [2.24, 2.45) is 11.1 Å². The Kier molecular flexibility index (Phi) is 11.0. The van der Waals surface area contributed by atoms with Crippen LogP contribution in [0.15, 0.2) is 30.3 Å². The van der Waals surface area contributed by atoms with Gasteiger partial charge in [0.2, 0.25) is 5.91 Å². The number of hydrogen-bond donors (Lipinski definition) is 3. The standard InChI is InChI=1S/C23H39N3O2/c1-5-23(4,6-2)21(27)19(15-11-12-16-24)26-22(28)20(25-7-3)17-18-13-9-8-10-14-18/h8-10,13-14,19-20,25H,5-7,11-12,15-17,24H2,1-4H3,(H,26,28). The largest absolute Gasteiger partial charge is 0.345 e. The molecule has 0 saturated heterocycles. The molecule has 5 heteroatoms. The van der Waals surface area contributed by atoms with Crippen LogP contribution in [-0.2, 0) is 16.0 Å². The van der Waals surface area contributed by atoms with Gasteiger partial charge >= 0.3 is 0 Å². The van der Waals surface area contributed by atoms with Gasteiger partial charge in [0.05, 0.1) is 12.1 Å². The van der Waals surface area contributed by atoms with E-state index in [0.717, 1.165) is 31.2 Å². The van der Waals surface area contributed by atoms with E-state index >= 15 is 0 Å². The van der Waals surface area contributed by atoms with E-state index in [2.05, 4.69) is 10.6 Å². The van der Waals surface area contributed by atoms with Crippen molar-refractivity contribution in [2.45, 2.75) is 78.3 Å². The van der Waals surface area contributed by atoms with Crippen LogP contribution in [0.3, 0.4) is 0 Å². The maximum atomic E-state index is 13.2. The third-order valence-electron chi connectivity index (χ3n) is 5.79. The first-order chi connectivity index (χ1) is 13.4. The second-order valence-corrected chi connectivity index (χ2v) is 7.78. The van der Waals surface area contributed by atoms with E-state index in [1.807, 2.05) is 58.0 Å². The number of carbonyl (C=O) groups excluding carboxylic acids is 2. The van der Waals surface area contributed by atoms with Gasteiger partial charge in [-0.15, -0.1) is 0 Å². The maximum absolute atomic E-state index is 13.2. The average Bonchev–Trinajstić information content (AvgIpc) is 2.72. The van der Waals surface area contributed by atoms with Crippen molar-refractivity contribution in [2.75, 3.05) is 13.1 Å². The van der Waals surface area contributed by atoms with E-state index in [1.54, 1.807) is 0 Å². The van der Waals surface area contributed by atoms with Crippen LogP contribution in [0.25, 0.3) is 0 Å². The molecule has 0 fully saturated rings. The number of nitrogens with two attached hydrogens (primary N) is 1. The third kappa shape index (κ3) is 7.36. The molecule has 5 nitrogen and oxygen atoms in total. The van der Waals surface area contributed by atoms with Crippen molar-refractivity contribution in [1.29, 1.82) is 0 Å². The predicted octanol–water partition coefficient (Wildman–Crippen LogP) is 3.22. The van der Waals surface area contributed by atoms with E-state index in [4.69, 9.17) is 5.73 Å². The van der Waals surface area contributed by atoms with Gasteiger partial charge in [0, 0.05) is 5.41 Å². The van der Waals surface area contributed by atoms with Crippen LogP contribution in [0.5, 0.6) is 0 Å². The van der Waals surface area contributed by atoms with Crippen molar-refractivity contribution in [3.8, 4) is 0 Å². The van der Waals surface area contributed by atoms with Crippen molar-refractivity contribution < 1.29 is 9.59 Å². The molecule has 1 rings (SSSR count). The lowest BCUT2D eigenvalue weighted by atomic mass is 9.76. The van der Waals surface area contributed by atoms with Crippen molar-refractivity contribution in [3.05, 3.63) is 35.9 Å². The van der Waals surface area contributed by atoms with E-state index < -0.39 is 11.5 Å². The molecule has 0 saturated carbocycles. The summed E-state index contributed by atoms with van der Waals surface area (Å²) in [4.78, 5) is 26.3. The van der Waals surface area contributed by atoms with Gasteiger partial charge in [-0.1, -0.05) is 58.0 Å². The minimum Gasteiger partial charge on any atom is -0.345 e. The summed E-state index contributed by atoms with van der Waals surface area (Å²) in [6.45, 7) is 9.36. The molecule has 1 amide bonds. The number of nitrogens with one attached hydrogen (secondary N) is 2. The number of ketones is 1. The molecule has 0 heterocycles. The fourth-order valence-corrected chi connectivity index (χ4v) is 3.41. The van der Waals surface area contributed by atoms with Crippen LogP contribution in [-0.4, -0.2) is 36.9 Å². The van der Waals surface area contributed by atoms with Gasteiger partial charge in [0.15, 0.2) is 5.78 Å². The zero-order valence-corrected chi connectivity index (χ0v) is 18.1. The molecular weight excluding hydrogens is 350 g/mol. The van der Waals surface area contributed by atoms with Crippen LogP contribution in [0.4, 0.5) is 0 Å². The van der Waals surface area contributed by atoms with Gasteiger partial charge in [-0.05, 0) is 57.2 Å². The molecule has 0 aromatic heterocycles. The summed E-state index contributed by atoms with van der Waals surface area (Å²) in [5, 5.41) is 6.33. The monoisotopic (exact) mass is 389 g/mol. The highest BCUT2D eigenvalue weighted by Crippen LogP contribution is 2.29. The molecule has 1 aromatic carbocycles. The molecule has 0 radical (unpaired) electrons. The number of carbonyl (C=O) groups is 2. The number of likely N-dealkylation sites (N-methyl/N-ethyl adjacent to an activating group) is 1. The Balaban J connectivity index is 2.92. The smallest absolute Gasteiger partial charge is 0.238 e. The third-order valence-corrected chi connectivity index (χ3v) is 5.79. The molecular formula is C23H39N3O2. The highest BCUT2D eigenvalue weighted by Gasteiger charge is 2.36. The molecule has 1 aromatic rings. The number of hydrogen-bond acceptors (Lipinski definition) is 4. The van der Waals surface area contributed by atoms with Crippen molar-refractivity contribution in [3.63, 3.8) is 0 Å². The number of benzene rings is 1. The fourth-order valence-electron chi connectivity index (χ4n) is 3.41. The molecule has 0 spiro atoms. The quantitative estimate of drug-likeness (QED) is 0.427. The lowest BCUT2D eigenvalue weighted by molar-refractivity contribution is -0.134. The van der Waals surface area contributed by atoms with Crippen LogP contribution < -0.4 is 16.4 Å². The minimum atomic E-state index is -0.458. The molecule has 0 aliphatic heterocycles. The van der Waals surface area contributed by atoms with Gasteiger partial charge in [-0.25, -0.2) is 0 Å². The van der Waals surface area contributed by atoms with Gasteiger partial charge in [-0.3, -0.25) is 9.59 Å². The molecule has 2 unspecified atom stereocenters. The normalized spacial score (nSPS) is 13.8. The van der Waals surface area contributed by atoms with Gasteiger partial charge in [-0.2, -0.15) is 0 Å². The average molecular weight is 390 g/mol. The van der Waals surface area contributed by atoms with Crippen LogP contribution in [0, 0.1) is 5.41 Å². The highest BCUT2D eigenvalue weighted by atomic mass is 16.2. The first-order valence-electron chi connectivity index (χ1n) is 10.7. The predicted molar refractivity (Wildman–Crippen MR) is 116 cm³/mol. The maximum Gasteiger partial charge on any atom is 0.238 e. The Morgan fingerprint density at radius 2 is 1.68 bits per heavy atom. The lowest BCUT2D eigenvalue weighted by Gasteiger charge is -2.31. The summed E-state index contributed by atoms with van der Waals surface area (Å²) in [6, 6.07) is 9.15. The zero-order chi connectivity index (χ0) is 21.0. The molecule has 0 aliphatic carbocycles. The molecule has 0 bridgehead atoms. The second kappa shape index (κ2) is 12.7. The summed E-state index contributed by atoms with van der Waals surface area (Å²) >= 11 is 0. The Morgan fingerprint density at radius 3 is 2.21 bits per heavy atom. The number of rotatable bonds is 14. The second-order valence-electron chi connectivity index (χ2n) is 7.78. The fraction of sp³-hybridized carbons (Fsp3) is 0.652. The number of unbranched alkanes of at least 4 members (excludes halogenated alkanes) is 1. The summed E-state index contributed by atoms with van der Waals surface area (Å²) < 4.78 is 0. The Bertz CT molecular complexity index is 585. The van der Waals surface area contributed by atoms with Gasteiger partial charge < -0.3 is 16.4 Å². The summed E-state index contributed by atoms with van der Waals surface area (Å²) in [6.07, 6.45) is 4.47. The summed E-state index contributed by atoms with van der Waals surface area (Å²) in [5.74, 6) is 0.0317. The Labute approximate surface area is 170 Å². The first-order valence-corrected chi connectivity index (χ1v) is 10.7. The number of Topliss-reactive ketones (excluding diaryl/α,β-unsaturated/α-hetero) is 1. The minimum absolute atomic E-state index is 0.105. The lowest BCUT2D eigenvalue weighted by Crippen LogP contribution is -2.53. The van der Waals surface area contributed by atoms with Crippen molar-refractivity contribution >= 4 is 11.7 Å². The Hall–Kier alpha value is -1.72. The van der Waals surface area contributed by atoms with Crippen LogP contribution in [0.2, 0.25) is 0 Å². The molecule has 4 N–H and O–H groups in total. The number of amides is 1. The van der Waals surface area contributed by atoms with Gasteiger partial charge in [0.1, 0.15) is 0 Å². The molecule has 2 atom stereocenters. The molecule has 28 heavy (non-hydrogen) atoms.